The van der Waals surface area contributed by atoms with Crippen molar-refractivity contribution in [2.75, 3.05) is 5.73 Å². The van der Waals surface area contributed by atoms with Gasteiger partial charge in [0.2, 0.25) is 5.95 Å². The van der Waals surface area contributed by atoms with E-state index in [1.165, 1.54) is 5.56 Å². The number of nitrogens with zero attached hydrogens (tertiary/aromatic N) is 4. The Morgan fingerprint density at radius 1 is 1.37 bits per heavy atom. The van der Waals surface area contributed by atoms with Crippen LogP contribution in [-0.2, 0) is 20.0 Å². The van der Waals surface area contributed by atoms with Crippen LogP contribution >= 0.6 is 11.6 Å². The maximum absolute atomic E-state index is 6.12. The van der Waals surface area contributed by atoms with E-state index in [-0.39, 0.29) is 0 Å². The molecule has 0 radical (unpaired) electrons. The van der Waals surface area contributed by atoms with Gasteiger partial charge in [0.25, 0.3) is 0 Å². The van der Waals surface area contributed by atoms with Gasteiger partial charge < -0.3 is 10.3 Å². The van der Waals surface area contributed by atoms with E-state index in [1.54, 1.807) is 4.68 Å². The Hall–Kier alpha value is -2.01. The van der Waals surface area contributed by atoms with E-state index in [1.807, 2.05) is 42.2 Å². The van der Waals surface area contributed by atoms with Crippen molar-refractivity contribution in [2.24, 2.45) is 7.05 Å². The summed E-state index contributed by atoms with van der Waals surface area (Å²) in [5.41, 5.74) is 8.86. The molecule has 0 bridgehead atoms. The van der Waals surface area contributed by atoms with Crippen LogP contribution in [0.15, 0.2) is 30.6 Å². The summed E-state index contributed by atoms with van der Waals surface area (Å²) in [5, 5.41) is 4.78. The molecule has 0 fully saturated rings. The van der Waals surface area contributed by atoms with E-state index in [0.29, 0.717) is 11.0 Å². The lowest BCUT2D eigenvalue weighted by atomic mass is 10.2. The van der Waals surface area contributed by atoms with Gasteiger partial charge in [-0.1, -0.05) is 17.7 Å². The first kappa shape index (κ1) is 12.0. The minimum Gasteiger partial charge on any atom is -0.369 e. The molecule has 0 atom stereocenters. The van der Waals surface area contributed by atoms with Crippen molar-refractivity contribution in [1.82, 2.24) is 19.3 Å². The second-order valence-electron chi connectivity index (χ2n) is 4.50. The minimum atomic E-state index is 0.493. The van der Waals surface area contributed by atoms with Gasteiger partial charge in [0.15, 0.2) is 0 Å². The van der Waals surface area contributed by atoms with E-state index in [0.717, 1.165) is 24.0 Å². The number of hydrogen-bond acceptors (Lipinski definition) is 3. The van der Waals surface area contributed by atoms with Crippen molar-refractivity contribution in [3.63, 3.8) is 0 Å². The van der Waals surface area contributed by atoms with Crippen LogP contribution in [-0.4, -0.2) is 19.3 Å². The molecular formula is C13H14ClN5. The maximum atomic E-state index is 6.12. The molecule has 3 aromatic rings. The van der Waals surface area contributed by atoms with Crippen LogP contribution in [0.3, 0.4) is 0 Å². The molecule has 6 heteroatoms. The van der Waals surface area contributed by atoms with Crippen LogP contribution in [0.4, 0.5) is 5.95 Å². The highest BCUT2D eigenvalue weighted by Gasteiger charge is 2.10. The number of nitrogen functional groups attached to an aromatic ring is 1. The smallest absolute Gasteiger partial charge is 0.201 e. The van der Waals surface area contributed by atoms with Crippen molar-refractivity contribution >= 4 is 28.6 Å². The molecule has 0 saturated carbocycles. The van der Waals surface area contributed by atoms with Gasteiger partial charge in [0.1, 0.15) is 5.52 Å². The molecule has 5 nitrogen and oxygen atoms in total. The Bertz CT molecular complexity index is 728. The Morgan fingerprint density at radius 3 is 2.95 bits per heavy atom. The second-order valence-corrected chi connectivity index (χ2v) is 4.91. The summed E-state index contributed by atoms with van der Waals surface area (Å²) < 4.78 is 3.77. The van der Waals surface area contributed by atoms with Crippen molar-refractivity contribution in [3.8, 4) is 0 Å². The van der Waals surface area contributed by atoms with Crippen molar-refractivity contribution < 1.29 is 0 Å². The van der Waals surface area contributed by atoms with Gasteiger partial charge in [0.05, 0.1) is 16.7 Å². The predicted molar refractivity (Wildman–Crippen MR) is 76.1 cm³/mol. The number of fused-ring (bicyclic) bond motifs is 1. The summed E-state index contributed by atoms with van der Waals surface area (Å²) in [7, 11) is 1.91. The van der Waals surface area contributed by atoms with Gasteiger partial charge in [-0.05, 0) is 24.1 Å². The van der Waals surface area contributed by atoms with Crippen molar-refractivity contribution in [3.05, 3.63) is 41.2 Å². The Balaban J connectivity index is 1.92. The average molecular weight is 276 g/mol. The Labute approximate surface area is 115 Å². The van der Waals surface area contributed by atoms with Crippen molar-refractivity contribution in [2.45, 2.75) is 13.0 Å². The van der Waals surface area contributed by atoms with E-state index in [2.05, 4.69) is 10.1 Å². The lowest BCUT2D eigenvalue weighted by Gasteiger charge is -2.05. The third-order valence-electron chi connectivity index (χ3n) is 3.14. The highest BCUT2D eigenvalue weighted by molar-refractivity contribution is 6.35. The molecule has 0 aliphatic rings. The Morgan fingerprint density at radius 2 is 2.21 bits per heavy atom. The zero-order valence-corrected chi connectivity index (χ0v) is 11.3. The first-order chi connectivity index (χ1) is 9.15. The van der Waals surface area contributed by atoms with E-state index in [9.17, 15) is 0 Å². The van der Waals surface area contributed by atoms with Gasteiger partial charge in [-0.25, -0.2) is 4.98 Å². The quantitative estimate of drug-likeness (QED) is 0.797. The number of nitrogens with two attached hydrogens (primary N) is 1. The largest absolute Gasteiger partial charge is 0.369 e. The molecule has 0 aliphatic carbocycles. The van der Waals surface area contributed by atoms with Crippen LogP contribution in [0.5, 0.6) is 0 Å². The molecule has 2 aromatic heterocycles. The van der Waals surface area contributed by atoms with E-state index in [4.69, 9.17) is 17.3 Å². The maximum Gasteiger partial charge on any atom is 0.201 e. The van der Waals surface area contributed by atoms with E-state index < -0.39 is 0 Å². The molecule has 0 aliphatic heterocycles. The Kier molecular flexibility index (Phi) is 2.91. The summed E-state index contributed by atoms with van der Waals surface area (Å²) in [6, 6.07) is 5.71. The predicted octanol–water partition coefficient (Wildman–Crippen LogP) is 2.25. The van der Waals surface area contributed by atoms with Crippen LogP contribution in [0.1, 0.15) is 5.56 Å². The number of aromatic nitrogens is 4. The van der Waals surface area contributed by atoms with Gasteiger partial charge >= 0.3 is 0 Å². The standard InChI is InChI=1S/C13H14ClN5/c1-18-8-9(7-16-18)5-6-19-11-4-2-3-10(14)12(11)17-13(19)15/h2-4,7-8H,5-6H2,1H3,(H2,15,17). The number of para-hydroxylation sites is 1. The number of aryl methyl sites for hydroxylation is 3. The number of anilines is 1. The normalized spacial score (nSPS) is 11.3. The van der Waals surface area contributed by atoms with Gasteiger partial charge in [-0.15, -0.1) is 0 Å². The summed E-state index contributed by atoms with van der Waals surface area (Å²) in [6.07, 6.45) is 4.72. The number of rotatable bonds is 3. The molecule has 98 valence electrons. The molecule has 0 unspecified atom stereocenters. The molecule has 3 rings (SSSR count). The fraction of sp³-hybridized carbons (Fsp3) is 0.231. The molecule has 2 N–H and O–H groups in total. The zero-order valence-electron chi connectivity index (χ0n) is 10.5. The molecular weight excluding hydrogens is 262 g/mol. The third-order valence-corrected chi connectivity index (χ3v) is 3.45. The fourth-order valence-corrected chi connectivity index (χ4v) is 2.42. The lowest BCUT2D eigenvalue weighted by Crippen LogP contribution is -2.05. The summed E-state index contributed by atoms with van der Waals surface area (Å²) >= 11 is 6.12. The lowest BCUT2D eigenvalue weighted by molar-refractivity contribution is 0.723. The number of benzene rings is 1. The second kappa shape index (κ2) is 4.59. The van der Waals surface area contributed by atoms with Gasteiger partial charge in [-0.3, -0.25) is 4.68 Å². The molecule has 2 heterocycles. The topological polar surface area (TPSA) is 61.7 Å². The third kappa shape index (κ3) is 2.17. The number of halogens is 1. The molecule has 0 amide bonds. The minimum absolute atomic E-state index is 0.493. The summed E-state index contributed by atoms with van der Waals surface area (Å²) in [6.45, 7) is 0.758. The summed E-state index contributed by atoms with van der Waals surface area (Å²) in [5.74, 6) is 0.493. The average Bonchev–Trinajstić information content (AvgIpc) is 2.92. The van der Waals surface area contributed by atoms with Gasteiger partial charge in [0, 0.05) is 19.8 Å². The summed E-state index contributed by atoms with van der Waals surface area (Å²) in [4.78, 5) is 4.32. The van der Waals surface area contributed by atoms with Crippen LogP contribution in [0, 0.1) is 0 Å². The van der Waals surface area contributed by atoms with Crippen molar-refractivity contribution in [1.29, 1.82) is 0 Å². The number of imidazole rings is 1. The number of hydrogen-bond donors (Lipinski definition) is 1. The monoisotopic (exact) mass is 275 g/mol. The van der Waals surface area contributed by atoms with Gasteiger partial charge in [-0.2, -0.15) is 5.10 Å². The zero-order chi connectivity index (χ0) is 13.4. The van der Waals surface area contributed by atoms with Crippen LogP contribution < -0.4 is 5.73 Å². The van der Waals surface area contributed by atoms with E-state index >= 15 is 0 Å². The molecule has 1 aromatic carbocycles. The first-order valence-corrected chi connectivity index (χ1v) is 6.40. The highest BCUT2D eigenvalue weighted by atomic mass is 35.5. The van der Waals surface area contributed by atoms with Crippen LogP contribution in [0.2, 0.25) is 5.02 Å². The highest BCUT2D eigenvalue weighted by Crippen LogP contribution is 2.25. The first-order valence-electron chi connectivity index (χ1n) is 6.03. The fourth-order valence-electron chi connectivity index (χ4n) is 2.21. The molecule has 0 spiro atoms. The molecule has 0 saturated heterocycles. The SMILES string of the molecule is Cn1cc(CCn2c(N)nc3c(Cl)cccc32)cn1. The van der Waals surface area contributed by atoms with Crippen LogP contribution in [0.25, 0.3) is 11.0 Å². The molecule has 19 heavy (non-hydrogen) atoms.